The predicted molar refractivity (Wildman–Crippen MR) is 104 cm³/mol. The Balaban J connectivity index is 1.83. The summed E-state index contributed by atoms with van der Waals surface area (Å²) in [6.07, 6.45) is 0. The second-order valence-corrected chi connectivity index (χ2v) is 7.49. The highest BCUT2D eigenvalue weighted by molar-refractivity contribution is 9.10. The molecule has 1 aliphatic rings. The second kappa shape index (κ2) is 7.31. The van der Waals surface area contributed by atoms with Gasteiger partial charge >= 0.3 is 0 Å². The zero-order chi connectivity index (χ0) is 19.8. The van der Waals surface area contributed by atoms with Gasteiger partial charge in [-0.05, 0) is 49.2 Å². The lowest BCUT2D eigenvalue weighted by molar-refractivity contribution is -0.146. The van der Waals surface area contributed by atoms with Crippen molar-refractivity contribution >= 4 is 27.7 Å². The SMILES string of the molecule is CC(=O)N1N=C(COc2c(C)cc(Br)cc2C)O[C@]1(C)c1ccc(F)cc1. The second-order valence-electron chi connectivity index (χ2n) is 6.57. The monoisotopic (exact) mass is 434 g/mol. The summed E-state index contributed by atoms with van der Waals surface area (Å²) in [4.78, 5) is 12.1. The van der Waals surface area contributed by atoms with Crippen LogP contribution in [-0.2, 0) is 15.3 Å². The average molecular weight is 435 g/mol. The van der Waals surface area contributed by atoms with Crippen molar-refractivity contribution in [2.24, 2.45) is 5.10 Å². The third-order valence-corrected chi connectivity index (χ3v) is 4.83. The number of benzene rings is 2. The Morgan fingerprint density at radius 3 is 2.41 bits per heavy atom. The van der Waals surface area contributed by atoms with Crippen LogP contribution in [0.4, 0.5) is 4.39 Å². The van der Waals surface area contributed by atoms with E-state index in [-0.39, 0.29) is 24.2 Å². The number of carbonyl (C=O) groups is 1. The molecule has 0 N–H and O–H groups in total. The van der Waals surface area contributed by atoms with E-state index < -0.39 is 5.72 Å². The van der Waals surface area contributed by atoms with Gasteiger partial charge in [-0.15, -0.1) is 5.10 Å². The number of hydrogen-bond donors (Lipinski definition) is 0. The van der Waals surface area contributed by atoms with Gasteiger partial charge in [0.15, 0.2) is 6.61 Å². The van der Waals surface area contributed by atoms with Gasteiger partial charge in [0, 0.05) is 23.9 Å². The number of carbonyl (C=O) groups excluding carboxylic acids is 1. The molecule has 142 valence electrons. The van der Waals surface area contributed by atoms with Gasteiger partial charge in [-0.3, -0.25) is 4.79 Å². The Kier molecular flexibility index (Phi) is 5.24. The quantitative estimate of drug-likeness (QED) is 0.703. The summed E-state index contributed by atoms with van der Waals surface area (Å²) in [7, 11) is 0. The molecular formula is C20H20BrFN2O3. The number of hydrogen-bond acceptors (Lipinski definition) is 4. The van der Waals surface area contributed by atoms with Crippen molar-refractivity contribution in [3.8, 4) is 5.75 Å². The molecule has 0 radical (unpaired) electrons. The maximum atomic E-state index is 13.3. The summed E-state index contributed by atoms with van der Waals surface area (Å²) in [5, 5.41) is 5.53. The van der Waals surface area contributed by atoms with Crippen molar-refractivity contribution in [1.82, 2.24) is 5.01 Å². The van der Waals surface area contributed by atoms with E-state index in [2.05, 4.69) is 21.0 Å². The molecule has 0 aromatic heterocycles. The molecule has 0 fully saturated rings. The van der Waals surface area contributed by atoms with Crippen LogP contribution < -0.4 is 4.74 Å². The van der Waals surface area contributed by atoms with E-state index in [9.17, 15) is 9.18 Å². The lowest BCUT2D eigenvalue weighted by atomic mass is 10.0. The number of aryl methyl sites for hydroxylation is 2. The first-order valence-corrected chi connectivity index (χ1v) is 9.23. The minimum Gasteiger partial charge on any atom is -0.483 e. The molecule has 0 aliphatic carbocycles. The third kappa shape index (κ3) is 3.83. The summed E-state index contributed by atoms with van der Waals surface area (Å²) in [6.45, 7) is 7.10. The molecule has 1 heterocycles. The number of hydrazone groups is 1. The Hall–Kier alpha value is -2.41. The Morgan fingerprint density at radius 1 is 1.26 bits per heavy atom. The zero-order valence-corrected chi connectivity index (χ0v) is 17.1. The lowest BCUT2D eigenvalue weighted by Crippen LogP contribution is -2.41. The minimum absolute atomic E-state index is 0.0733. The first-order chi connectivity index (χ1) is 12.7. The fourth-order valence-corrected chi connectivity index (χ4v) is 3.82. The average Bonchev–Trinajstić information content (AvgIpc) is 2.92. The summed E-state index contributed by atoms with van der Waals surface area (Å²) < 4.78 is 26.1. The van der Waals surface area contributed by atoms with Crippen LogP contribution in [0.5, 0.6) is 5.75 Å². The zero-order valence-electron chi connectivity index (χ0n) is 15.5. The normalized spacial score (nSPS) is 18.9. The number of amides is 1. The fourth-order valence-electron chi connectivity index (χ4n) is 3.13. The van der Waals surface area contributed by atoms with Crippen LogP contribution >= 0.6 is 15.9 Å². The van der Waals surface area contributed by atoms with E-state index in [4.69, 9.17) is 9.47 Å². The van der Waals surface area contributed by atoms with E-state index in [1.54, 1.807) is 19.1 Å². The molecule has 3 rings (SSSR count). The number of rotatable bonds is 4. The molecule has 0 saturated heterocycles. The van der Waals surface area contributed by atoms with Crippen molar-refractivity contribution in [1.29, 1.82) is 0 Å². The fraction of sp³-hybridized carbons (Fsp3) is 0.300. The minimum atomic E-state index is -1.15. The summed E-state index contributed by atoms with van der Waals surface area (Å²) in [5.41, 5.74) is 1.42. The third-order valence-electron chi connectivity index (χ3n) is 4.38. The van der Waals surface area contributed by atoms with E-state index in [1.165, 1.54) is 24.1 Å². The Labute approximate surface area is 165 Å². The van der Waals surface area contributed by atoms with Crippen molar-refractivity contribution in [2.75, 3.05) is 6.61 Å². The molecular weight excluding hydrogens is 415 g/mol. The van der Waals surface area contributed by atoms with Crippen molar-refractivity contribution in [2.45, 2.75) is 33.4 Å². The highest BCUT2D eigenvalue weighted by Gasteiger charge is 2.44. The molecule has 7 heteroatoms. The van der Waals surface area contributed by atoms with Crippen LogP contribution in [-0.4, -0.2) is 23.4 Å². The lowest BCUT2D eigenvalue weighted by Gasteiger charge is -2.31. The van der Waals surface area contributed by atoms with Crippen molar-refractivity contribution in [3.63, 3.8) is 0 Å². The topological polar surface area (TPSA) is 51.1 Å². The van der Waals surface area contributed by atoms with Gasteiger partial charge in [0.1, 0.15) is 11.6 Å². The van der Waals surface area contributed by atoms with Gasteiger partial charge < -0.3 is 9.47 Å². The smallest absolute Gasteiger partial charge is 0.247 e. The van der Waals surface area contributed by atoms with Gasteiger partial charge in [-0.2, -0.15) is 5.01 Å². The van der Waals surface area contributed by atoms with Gasteiger partial charge in [0.05, 0.1) is 0 Å². The maximum Gasteiger partial charge on any atom is 0.247 e. The van der Waals surface area contributed by atoms with E-state index in [0.29, 0.717) is 5.56 Å². The molecule has 0 spiro atoms. The standard InChI is InChI=1S/C20H20BrFN2O3/c1-12-9-16(21)10-13(2)19(12)26-11-18-23-24(14(3)25)20(4,27-18)15-5-7-17(22)8-6-15/h5-10H,11H2,1-4H3/t20-/m1/s1. The summed E-state index contributed by atoms with van der Waals surface area (Å²) in [5.74, 6) is 0.376. The highest BCUT2D eigenvalue weighted by atomic mass is 79.9. The van der Waals surface area contributed by atoms with Crippen LogP contribution in [0.2, 0.25) is 0 Å². The molecule has 0 unspecified atom stereocenters. The first kappa shape index (κ1) is 19.4. The molecule has 0 saturated carbocycles. The highest BCUT2D eigenvalue weighted by Crippen LogP contribution is 2.35. The molecule has 2 aromatic carbocycles. The van der Waals surface area contributed by atoms with Crippen LogP contribution in [0, 0.1) is 19.7 Å². The summed E-state index contributed by atoms with van der Waals surface area (Å²) in [6, 6.07) is 9.73. The van der Waals surface area contributed by atoms with E-state index in [0.717, 1.165) is 21.3 Å². The first-order valence-electron chi connectivity index (χ1n) is 8.43. The largest absolute Gasteiger partial charge is 0.483 e. The van der Waals surface area contributed by atoms with Crippen molar-refractivity contribution < 1.29 is 18.7 Å². The van der Waals surface area contributed by atoms with Crippen LogP contribution in [0.1, 0.15) is 30.5 Å². The number of halogens is 2. The molecule has 1 atom stereocenters. The Morgan fingerprint density at radius 2 is 1.85 bits per heavy atom. The van der Waals surface area contributed by atoms with Crippen molar-refractivity contribution in [3.05, 3.63) is 63.4 Å². The van der Waals surface area contributed by atoms with E-state index >= 15 is 0 Å². The van der Waals surface area contributed by atoms with Gasteiger partial charge in [-0.25, -0.2) is 4.39 Å². The molecule has 5 nitrogen and oxygen atoms in total. The molecule has 27 heavy (non-hydrogen) atoms. The summed E-state index contributed by atoms with van der Waals surface area (Å²) >= 11 is 3.46. The van der Waals surface area contributed by atoms with Gasteiger partial charge in [0.2, 0.25) is 17.5 Å². The predicted octanol–water partition coefficient (Wildman–Crippen LogP) is 4.65. The maximum absolute atomic E-state index is 13.3. The van der Waals surface area contributed by atoms with E-state index in [1.807, 2.05) is 26.0 Å². The molecule has 0 bridgehead atoms. The van der Waals surface area contributed by atoms with Gasteiger partial charge in [-0.1, -0.05) is 28.1 Å². The number of nitrogens with zero attached hydrogens (tertiary/aromatic N) is 2. The van der Waals surface area contributed by atoms with Crippen LogP contribution in [0.25, 0.3) is 0 Å². The molecule has 1 amide bonds. The molecule has 1 aliphatic heterocycles. The van der Waals surface area contributed by atoms with Crippen LogP contribution in [0.15, 0.2) is 46.0 Å². The van der Waals surface area contributed by atoms with Gasteiger partial charge in [0.25, 0.3) is 0 Å². The number of ether oxygens (including phenoxy) is 2. The Bertz CT molecular complexity index is 891. The van der Waals surface area contributed by atoms with Crippen LogP contribution in [0.3, 0.4) is 0 Å². The molecule has 2 aromatic rings.